The smallest absolute Gasteiger partial charge is 0.305 e. The van der Waals surface area contributed by atoms with Gasteiger partial charge in [-0.25, -0.2) is 0 Å². The Labute approximate surface area is 78.8 Å². The van der Waals surface area contributed by atoms with Crippen molar-refractivity contribution in [2.24, 2.45) is 0 Å². The molecule has 4 nitrogen and oxygen atoms in total. The summed E-state index contributed by atoms with van der Waals surface area (Å²) in [6.07, 6.45) is 1.63. The summed E-state index contributed by atoms with van der Waals surface area (Å²) in [6.45, 7) is 2.47. The van der Waals surface area contributed by atoms with Crippen LogP contribution in [0.4, 0.5) is 0 Å². The number of hydrogen-bond donors (Lipinski definition) is 1. The maximum Gasteiger partial charge on any atom is 0.305 e. The lowest BCUT2D eigenvalue weighted by atomic mass is 10.1. The van der Waals surface area contributed by atoms with E-state index in [0.29, 0.717) is 25.9 Å². The van der Waals surface area contributed by atoms with Gasteiger partial charge in [-0.2, -0.15) is 0 Å². The Hall–Kier alpha value is -0.610. The van der Waals surface area contributed by atoms with Crippen LogP contribution >= 0.6 is 0 Å². The molecule has 0 aromatic heterocycles. The zero-order valence-corrected chi connectivity index (χ0v) is 8.28. The van der Waals surface area contributed by atoms with E-state index in [0.717, 1.165) is 0 Å². The number of aliphatic hydroxyl groups excluding tert-OH is 1. The van der Waals surface area contributed by atoms with Crippen molar-refractivity contribution in [3.63, 3.8) is 0 Å². The third kappa shape index (κ3) is 6.54. The van der Waals surface area contributed by atoms with Crippen LogP contribution in [0, 0.1) is 0 Å². The van der Waals surface area contributed by atoms with Gasteiger partial charge < -0.3 is 14.6 Å². The van der Waals surface area contributed by atoms with Crippen molar-refractivity contribution < 1.29 is 19.4 Å². The van der Waals surface area contributed by atoms with Gasteiger partial charge >= 0.3 is 5.97 Å². The van der Waals surface area contributed by atoms with E-state index in [1.165, 1.54) is 7.11 Å². The molecule has 0 aliphatic heterocycles. The molecular formula is C9H18O4. The third-order valence-corrected chi connectivity index (χ3v) is 1.74. The van der Waals surface area contributed by atoms with Crippen LogP contribution in [0.15, 0.2) is 0 Å². The molecule has 4 heteroatoms. The average molecular weight is 190 g/mol. The van der Waals surface area contributed by atoms with E-state index in [9.17, 15) is 4.79 Å². The molecule has 13 heavy (non-hydrogen) atoms. The Morgan fingerprint density at radius 1 is 1.54 bits per heavy atom. The van der Waals surface area contributed by atoms with Crippen molar-refractivity contribution in [2.75, 3.05) is 20.3 Å². The van der Waals surface area contributed by atoms with Gasteiger partial charge in [-0.3, -0.25) is 4.79 Å². The molecule has 0 aromatic rings. The second-order valence-corrected chi connectivity index (χ2v) is 2.73. The van der Waals surface area contributed by atoms with E-state index in [1.54, 1.807) is 0 Å². The molecule has 1 unspecified atom stereocenters. The number of esters is 1. The summed E-state index contributed by atoms with van der Waals surface area (Å²) in [5.74, 6) is -0.215. The number of aliphatic hydroxyl groups is 1. The highest BCUT2D eigenvalue weighted by Gasteiger charge is 2.08. The first-order valence-corrected chi connectivity index (χ1v) is 4.53. The zero-order valence-electron chi connectivity index (χ0n) is 8.28. The highest BCUT2D eigenvalue weighted by atomic mass is 16.5. The summed E-state index contributed by atoms with van der Waals surface area (Å²) in [6, 6.07) is 0. The average Bonchev–Trinajstić information content (AvgIpc) is 2.16. The van der Waals surface area contributed by atoms with Crippen LogP contribution in [0.3, 0.4) is 0 Å². The molecule has 0 bridgehead atoms. The summed E-state index contributed by atoms with van der Waals surface area (Å²) in [7, 11) is 1.37. The fourth-order valence-electron chi connectivity index (χ4n) is 1.04. The van der Waals surface area contributed by atoms with Gasteiger partial charge in [-0.15, -0.1) is 0 Å². The monoisotopic (exact) mass is 190 g/mol. The third-order valence-electron chi connectivity index (χ3n) is 1.74. The van der Waals surface area contributed by atoms with Crippen LogP contribution in [-0.2, 0) is 14.3 Å². The van der Waals surface area contributed by atoms with Crippen LogP contribution in [0.1, 0.15) is 26.2 Å². The lowest BCUT2D eigenvalue weighted by Crippen LogP contribution is -2.18. The predicted molar refractivity (Wildman–Crippen MR) is 48.4 cm³/mol. The molecule has 1 N–H and O–H groups in total. The van der Waals surface area contributed by atoms with Crippen LogP contribution in [0.2, 0.25) is 0 Å². The Kier molecular flexibility index (Phi) is 7.63. The molecule has 0 spiro atoms. The number of carbonyl (C=O) groups excluding carboxylic acids is 1. The quantitative estimate of drug-likeness (QED) is 0.601. The Balaban J connectivity index is 3.42. The summed E-state index contributed by atoms with van der Waals surface area (Å²) < 4.78 is 9.69. The first-order valence-electron chi connectivity index (χ1n) is 4.53. The van der Waals surface area contributed by atoms with E-state index in [4.69, 9.17) is 9.84 Å². The molecule has 0 saturated carbocycles. The van der Waals surface area contributed by atoms with Gasteiger partial charge in [0.1, 0.15) is 0 Å². The van der Waals surface area contributed by atoms with Gasteiger partial charge in [-0.1, -0.05) is 0 Å². The maximum absolute atomic E-state index is 10.7. The van der Waals surface area contributed by atoms with E-state index >= 15 is 0 Å². The fourth-order valence-corrected chi connectivity index (χ4v) is 1.04. The lowest BCUT2D eigenvalue weighted by Gasteiger charge is -2.12. The van der Waals surface area contributed by atoms with E-state index in [1.807, 2.05) is 6.92 Å². The van der Waals surface area contributed by atoms with Crippen molar-refractivity contribution in [1.82, 2.24) is 0 Å². The molecule has 78 valence electrons. The number of ether oxygens (including phenoxy) is 2. The molecule has 0 radical (unpaired) electrons. The van der Waals surface area contributed by atoms with Crippen LogP contribution in [0.25, 0.3) is 0 Å². The highest BCUT2D eigenvalue weighted by Crippen LogP contribution is 2.05. The summed E-state index contributed by atoms with van der Waals surface area (Å²) in [4.78, 5) is 10.7. The molecule has 0 heterocycles. The van der Waals surface area contributed by atoms with E-state index < -0.39 is 0 Å². The summed E-state index contributed by atoms with van der Waals surface area (Å²) in [5, 5.41) is 8.84. The second-order valence-electron chi connectivity index (χ2n) is 2.73. The lowest BCUT2D eigenvalue weighted by molar-refractivity contribution is -0.140. The second kappa shape index (κ2) is 8.01. The van der Waals surface area contributed by atoms with Crippen LogP contribution in [0.5, 0.6) is 0 Å². The van der Waals surface area contributed by atoms with Gasteiger partial charge in [0.2, 0.25) is 0 Å². The molecule has 0 aliphatic carbocycles. The van der Waals surface area contributed by atoms with Gasteiger partial charge in [0.25, 0.3) is 0 Å². The van der Waals surface area contributed by atoms with E-state index in [2.05, 4.69) is 4.74 Å². The molecule has 0 rings (SSSR count). The summed E-state index contributed by atoms with van der Waals surface area (Å²) in [5.41, 5.74) is 0. The van der Waals surface area contributed by atoms with Gasteiger partial charge in [-0.05, 0) is 19.8 Å². The maximum atomic E-state index is 10.7. The Morgan fingerprint density at radius 3 is 2.69 bits per heavy atom. The number of carbonyl (C=O) groups is 1. The predicted octanol–water partition coefficient (Wildman–Crippen LogP) is 0.727. The summed E-state index contributed by atoms with van der Waals surface area (Å²) >= 11 is 0. The topological polar surface area (TPSA) is 55.8 Å². The molecular weight excluding hydrogens is 172 g/mol. The molecule has 1 atom stereocenters. The number of methoxy groups -OCH3 is 1. The van der Waals surface area contributed by atoms with E-state index in [-0.39, 0.29) is 18.7 Å². The first-order chi connectivity index (χ1) is 6.24. The molecule has 0 amide bonds. The van der Waals surface area contributed by atoms with Gasteiger partial charge in [0.05, 0.1) is 19.8 Å². The van der Waals surface area contributed by atoms with Crippen molar-refractivity contribution in [2.45, 2.75) is 32.3 Å². The van der Waals surface area contributed by atoms with Crippen molar-refractivity contribution in [3.05, 3.63) is 0 Å². The van der Waals surface area contributed by atoms with Crippen molar-refractivity contribution in [1.29, 1.82) is 0 Å². The minimum Gasteiger partial charge on any atom is -0.469 e. The van der Waals surface area contributed by atoms with Crippen LogP contribution < -0.4 is 0 Å². The highest BCUT2D eigenvalue weighted by molar-refractivity contribution is 5.68. The minimum atomic E-state index is -0.215. The van der Waals surface area contributed by atoms with Crippen molar-refractivity contribution in [3.8, 4) is 0 Å². The Bertz CT molecular complexity index is 136. The zero-order chi connectivity index (χ0) is 10.1. The van der Waals surface area contributed by atoms with Crippen molar-refractivity contribution >= 4 is 5.97 Å². The minimum absolute atomic E-state index is 0.00894. The standard InChI is InChI=1S/C9H18O4/c1-3-13-8(7-10)5-4-6-9(11)12-2/h8,10H,3-7H2,1-2H3. The Morgan fingerprint density at radius 2 is 2.23 bits per heavy atom. The molecule has 0 saturated heterocycles. The normalized spacial score (nSPS) is 12.5. The van der Waals surface area contributed by atoms with Crippen LogP contribution in [-0.4, -0.2) is 37.5 Å². The number of hydrogen-bond acceptors (Lipinski definition) is 4. The first kappa shape index (κ1) is 12.4. The van der Waals surface area contributed by atoms with Gasteiger partial charge in [0, 0.05) is 13.0 Å². The number of rotatable bonds is 7. The van der Waals surface area contributed by atoms with Gasteiger partial charge in [0.15, 0.2) is 0 Å². The SMILES string of the molecule is CCOC(CO)CCCC(=O)OC. The molecule has 0 fully saturated rings. The molecule has 0 aliphatic rings. The molecule has 0 aromatic carbocycles. The fraction of sp³-hybridized carbons (Fsp3) is 0.889. The largest absolute Gasteiger partial charge is 0.469 e.